The zero-order valence-corrected chi connectivity index (χ0v) is 16.5. The van der Waals surface area contributed by atoms with Crippen LogP contribution < -0.4 is 15.0 Å². The van der Waals surface area contributed by atoms with E-state index in [9.17, 15) is 4.79 Å². The van der Waals surface area contributed by atoms with Crippen molar-refractivity contribution in [1.82, 2.24) is 4.98 Å². The fourth-order valence-corrected chi connectivity index (χ4v) is 3.08. The number of fused-ring (bicyclic) bond motifs is 1. The van der Waals surface area contributed by atoms with E-state index in [1.807, 2.05) is 49.3 Å². The van der Waals surface area contributed by atoms with Gasteiger partial charge in [0.2, 0.25) is 5.89 Å². The Morgan fingerprint density at radius 1 is 1.03 bits per heavy atom. The molecule has 6 heteroatoms. The Bertz CT molecular complexity index is 1180. The Labute approximate surface area is 168 Å². The fraction of sp³-hybridized carbons (Fsp3) is 0.130. The number of aromatic nitrogens is 1. The van der Waals surface area contributed by atoms with Crippen molar-refractivity contribution in [2.75, 3.05) is 31.4 Å². The van der Waals surface area contributed by atoms with Gasteiger partial charge in [-0.25, -0.2) is 4.98 Å². The molecule has 3 aromatic carbocycles. The summed E-state index contributed by atoms with van der Waals surface area (Å²) in [4.78, 5) is 19.2. The average molecular weight is 387 g/mol. The van der Waals surface area contributed by atoms with Crippen LogP contribution >= 0.6 is 0 Å². The number of ether oxygens (including phenoxy) is 1. The van der Waals surface area contributed by atoms with Gasteiger partial charge in [-0.05, 0) is 48.5 Å². The summed E-state index contributed by atoms with van der Waals surface area (Å²) in [6.45, 7) is 0. The first-order valence-electron chi connectivity index (χ1n) is 9.18. The number of para-hydroxylation sites is 1. The number of rotatable bonds is 5. The predicted molar refractivity (Wildman–Crippen MR) is 115 cm³/mol. The number of nitrogens with zero attached hydrogens (tertiary/aromatic N) is 2. The highest BCUT2D eigenvalue weighted by atomic mass is 16.5. The van der Waals surface area contributed by atoms with Gasteiger partial charge in [0.05, 0.1) is 12.7 Å². The quantitative estimate of drug-likeness (QED) is 0.532. The average Bonchev–Trinajstić information content (AvgIpc) is 3.17. The third kappa shape index (κ3) is 3.78. The molecule has 4 rings (SSSR count). The summed E-state index contributed by atoms with van der Waals surface area (Å²) >= 11 is 0. The summed E-state index contributed by atoms with van der Waals surface area (Å²) in [5.74, 6) is 0.816. The Balaban J connectivity index is 1.62. The zero-order chi connectivity index (χ0) is 20.4. The van der Waals surface area contributed by atoms with Crippen molar-refractivity contribution in [3.05, 3.63) is 72.3 Å². The van der Waals surface area contributed by atoms with Crippen LogP contribution in [0, 0.1) is 0 Å². The number of carbonyl (C=O) groups excluding carboxylic acids is 1. The van der Waals surface area contributed by atoms with Gasteiger partial charge in [-0.15, -0.1) is 0 Å². The molecule has 0 aliphatic carbocycles. The first kappa shape index (κ1) is 18.6. The summed E-state index contributed by atoms with van der Waals surface area (Å²) in [6.07, 6.45) is 0. The molecule has 0 aliphatic heterocycles. The van der Waals surface area contributed by atoms with E-state index in [-0.39, 0.29) is 5.91 Å². The Morgan fingerprint density at radius 2 is 1.86 bits per heavy atom. The molecule has 0 unspecified atom stereocenters. The lowest BCUT2D eigenvalue weighted by molar-refractivity contribution is 0.102. The maximum absolute atomic E-state index is 12.6. The van der Waals surface area contributed by atoms with Crippen molar-refractivity contribution in [1.29, 1.82) is 0 Å². The van der Waals surface area contributed by atoms with Gasteiger partial charge in [-0.2, -0.15) is 0 Å². The molecule has 0 radical (unpaired) electrons. The van der Waals surface area contributed by atoms with Gasteiger partial charge in [-0.3, -0.25) is 4.79 Å². The van der Waals surface area contributed by atoms with Crippen LogP contribution in [0.3, 0.4) is 0 Å². The second-order valence-corrected chi connectivity index (χ2v) is 6.80. The van der Waals surface area contributed by atoms with Crippen LogP contribution in [-0.2, 0) is 0 Å². The van der Waals surface area contributed by atoms with Crippen molar-refractivity contribution in [3.63, 3.8) is 0 Å². The summed E-state index contributed by atoms with van der Waals surface area (Å²) in [5.41, 5.74) is 4.40. The van der Waals surface area contributed by atoms with Crippen LogP contribution in [-0.4, -0.2) is 32.1 Å². The molecule has 0 saturated heterocycles. The minimum absolute atomic E-state index is 0.246. The third-order valence-corrected chi connectivity index (χ3v) is 4.61. The molecule has 0 saturated carbocycles. The minimum Gasteiger partial charge on any atom is -0.496 e. The summed E-state index contributed by atoms with van der Waals surface area (Å²) < 4.78 is 11.2. The lowest BCUT2D eigenvalue weighted by atomic mass is 10.2. The molecule has 4 aromatic rings. The SMILES string of the molecule is COc1ccccc1C(=O)Nc1ccc2oc(-c3cccc(N(C)C)c3)nc2c1. The molecule has 6 nitrogen and oxygen atoms in total. The summed E-state index contributed by atoms with van der Waals surface area (Å²) in [6, 6.07) is 20.5. The van der Waals surface area contributed by atoms with E-state index in [2.05, 4.69) is 10.3 Å². The van der Waals surface area contributed by atoms with Crippen molar-refractivity contribution < 1.29 is 13.9 Å². The lowest BCUT2D eigenvalue weighted by Crippen LogP contribution is -2.13. The normalized spacial score (nSPS) is 10.7. The minimum atomic E-state index is -0.246. The van der Waals surface area contributed by atoms with Crippen molar-refractivity contribution in [3.8, 4) is 17.2 Å². The molecule has 0 aliphatic rings. The Kier molecular flexibility index (Phi) is 4.91. The highest BCUT2D eigenvalue weighted by molar-refractivity contribution is 6.06. The number of anilines is 2. The van der Waals surface area contributed by atoms with Crippen LogP contribution in [0.1, 0.15) is 10.4 Å². The van der Waals surface area contributed by atoms with Crippen molar-refractivity contribution >= 4 is 28.4 Å². The number of amides is 1. The molecule has 1 heterocycles. The van der Waals surface area contributed by atoms with Gasteiger partial charge < -0.3 is 19.4 Å². The number of hydrogen-bond acceptors (Lipinski definition) is 5. The number of benzene rings is 3. The standard InChI is InChI=1S/C23H21N3O3/c1-26(2)17-8-6-7-15(13-17)23-25-19-14-16(11-12-21(19)29-23)24-22(27)18-9-4-5-10-20(18)28-3/h4-14H,1-3H3,(H,24,27). The summed E-state index contributed by atoms with van der Waals surface area (Å²) in [5, 5.41) is 2.89. The van der Waals surface area contributed by atoms with Gasteiger partial charge >= 0.3 is 0 Å². The molecule has 1 aromatic heterocycles. The van der Waals surface area contributed by atoms with E-state index in [0.29, 0.717) is 34.0 Å². The molecule has 29 heavy (non-hydrogen) atoms. The van der Waals surface area contributed by atoms with Crippen LogP contribution in [0.15, 0.2) is 71.1 Å². The molecular weight excluding hydrogens is 366 g/mol. The van der Waals surface area contributed by atoms with Gasteiger partial charge in [0.1, 0.15) is 11.3 Å². The summed E-state index contributed by atoms with van der Waals surface area (Å²) in [7, 11) is 5.52. The van der Waals surface area contributed by atoms with Crippen LogP contribution in [0.25, 0.3) is 22.6 Å². The fourth-order valence-electron chi connectivity index (χ4n) is 3.08. The number of nitrogens with one attached hydrogen (secondary N) is 1. The van der Waals surface area contributed by atoms with E-state index < -0.39 is 0 Å². The van der Waals surface area contributed by atoms with E-state index in [1.54, 1.807) is 43.5 Å². The van der Waals surface area contributed by atoms with Crippen molar-refractivity contribution in [2.45, 2.75) is 0 Å². The Morgan fingerprint density at radius 3 is 2.66 bits per heavy atom. The molecule has 0 atom stereocenters. The number of oxazole rings is 1. The lowest BCUT2D eigenvalue weighted by Gasteiger charge is -2.12. The van der Waals surface area contributed by atoms with E-state index in [0.717, 1.165) is 11.3 Å². The van der Waals surface area contributed by atoms with E-state index in [1.165, 1.54) is 0 Å². The molecule has 0 bridgehead atoms. The maximum Gasteiger partial charge on any atom is 0.259 e. The largest absolute Gasteiger partial charge is 0.496 e. The molecular formula is C23H21N3O3. The number of hydrogen-bond donors (Lipinski definition) is 1. The van der Waals surface area contributed by atoms with Crippen LogP contribution in [0.5, 0.6) is 5.75 Å². The van der Waals surface area contributed by atoms with Gasteiger partial charge in [0.15, 0.2) is 5.58 Å². The molecule has 1 N–H and O–H groups in total. The van der Waals surface area contributed by atoms with Gasteiger partial charge in [0.25, 0.3) is 5.91 Å². The predicted octanol–water partition coefficient (Wildman–Crippen LogP) is 4.82. The Hall–Kier alpha value is -3.80. The zero-order valence-electron chi connectivity index (χ0n) is 16.5. The van der Waals surface area contributed by atoms with Crippen LogP contribution in [0.2, 0.25) is 0 Å². The van der Waals surface area contributed by atoms with Crippen LogP contribution in [0.4, 0.5) is 11.4 Å². The highest BCUT2D eigenvalue weighted by Gasteiger charge is 2.14. The smallest absolute Gasteiger partial charge is 0.259 e. The number of methoxy groups -OCH3 is 1. The topological polar surface area (TPSA) is 67.6 Å². The molecule has 0 spiro atoms. The number of carbonyl (C=O) groups is 1. The monoisotopic (exact) mass is 387 g/mol. The third-order valence-electron chi connectivity index (χ3n) is 4.61. The highest BCUT2D eigenvalue weighted by Crippen LogP contribution is 2.28. The second-order valence-electron chi connectivity index (χ2n) is 6.80. The van der Waals surface area contributed by atoms with E-state index in [4.69, 9.17) is 9.15 Å². The first-order chi connectivity index (χ1) is 14.0. The van der Waals surface area contributed by atoms with E-state index >= 15 is 0 Å². The molecule has 1 amide bonds. The molecule has 0 fully saturated rings. The maximum atomic E-state index is 12.6. The van der Waals surface area contributed by atoms with Gasteiger partial charge in [-0.1, -0.05) is 18.2 Å². The van der Waals surface area contributed by atoms with Gasteiger partial charge in [0, 0.05) is 31.0 Å². The molecule has 146 valence electrons. The first-order valence-corrected chi connectivity index (χ1v) is 9.18. The van der Waals surface area contributed by atoms with Crippen molar-refractivity contribution in [2.24, 2.45) is 0 Å². The second kappa shape index (κ2) is 7.67.